The summed E-state index contributed by atoms with van der Waals surface area (Å²) in [6.45, 7) is 1.80. The molecule has 0 spiro atoms. The maximum absolute atomic E-state index is 12.6. The van der Waals surface area contributed by atoms with Crippen molar-refractivity contribution in [2.75, 3.05) is 0 Å². The van der Waals surface area contributed by atoms with Crippen LogP contribution in [0.4, 0.5) is 5.69 Å². The number of amides is 1. The first kappa shape index (κ1) is 18.9. The molecule has 0 saturated heterocycles. The zero-order chi connectivity index (χ0) is 21.1. The Balaban J connectivity index is 1.52. The van der Waals surface area contributed by atoms with Crippen molar-refractivity contribution in [1.82, 2.24) is 35.1 Å². The van der Waals surface area contributed by atoms with Crippen LogP contribution in [0.25, 0.3) is 11.4 Å². The van der Waals surface area contributed by atoms with Crippen molar-refractivity contribution in [3.8, 4) is 11.4 Å². The standard InChI is InChI=1S/C19H16N8O3/c1-13-18(23-24-26(13)15-8-5-9-16(10-15)27(29)30)19(28)20-11-17-22-21-12-25(17)14-6-3-2-4-7-14/h2-10,12H,11H2,1H3,(H,20,28). The van der Waals surface area contributed by atoms with E-state index in [4.69, 9.17) is 0 Å². The third kappa shape index (κ3) is 3.63. The number of hydrogen-bond acceptors (Lipinski definition) is 7. The minimum atomic E-state index is -0.494. The third-order valence-electron chi connectivity index (χ3n) is 4.45. The summed E-state index contributed by atoms with van der Waals surface area (Å²) in [5.74, 6) is 0.116. The fourth-order valence-corrected chi connectivity index (χ4v) is 2.95. The summed E-state index contributed by atoms with van der Waals surface area (Å²) < 4.78 is 3.15. The molecule has 11 nitrogen and oxygen atoms in total. The monoisotopic (exact) mass is 404 g/mol. The Bertz CT molecular complexity index is 1220. The molecule has 2 aromatic carbocycles. The van der Waals surface area contributed by atoms with Crippen molar-refractivity contribution in [2.24, 2.45) is 0 Å². The maximum atomic E-state index is 12.6. The lowest BCUT2D eigenvalue weighted by Crippen LogP contribution is -2.25. The first-order valence-corrected chi connectivity index (χ1v) is 8.94. The van der Waals surface area contributed by atoms with Crippen LogP contribution in [0.15, 0.2) is 60.9 Å². The zero-order valence-electron chi connectivity index (χ0n) is 15.8. The van der Waals surface area contributed by atoms with Crippen molar-refractivity contribution >= 4 is 11.6 Å². The van der Waals surface area contributed by atoms with Gasteiger partial charge in [-0.2, -0.15) is 0 Å². The highest BCUT2D eigenvalue weighted by Crippen LogP contribution is 2.18. The number of non-ortho nitro benzene ring substituents is 1. The van der Waals surface area contributed by atoms with Crippen molar-refractivity contribution in [3.05, 3.63) is 88.3 Å². The highest BCUT2D eigenvalue weighted by Gasteiger charge is 2.19. The second-order valence-electron chi connectivity index (χ2n) is 6.35. The number of nitro groups is 1. The van der Waals surface area contributed by atoms with Crippen LogP contribution in [0.5, 0.6) is 0 Å². The summed E-state index contributed by atoms with van der Waals surface area (Å²) in [5, 5.41) is 29.6. The van der Waals surface area contributed by atoms with Gasteiger partial charge in [0.1, 0.15) is 6.33 Å². The Kier molecular flexibility index (Phi) is 4.99. The van der Waals surface area contributed by atoms with E-state index < -0.39 is 10.8 Å². The molecule has 0 atom stereocenters. The molecule has 2 heterocycles. The molecule has 11 heteroatoms. The number of para-hydroxylation sites is 1. The number of carbonyl (C=O) groups is 1. The highest BCUT2D eigenvalue weighted by molar-refractivity contribution is 5.93. The van der Waals surface area contributed by atoms with Gasteiger partial charge in [0, 0.05) is 17.8 Å². The third-order valence-corrected chi connectivity index (χ3v) is 4.45. The van der Waals surface area contributed by atoms with E-state index in [0.717, 1.165) is 5.69 Å². The molecular formula is C19H16N8O3. The van der Waals surface area contributed by atoms with Gasteiger partial charge in [-0.05, 0) is 25.1 Å². The van der Waals surface area contributed by atoms with E-state index in [2.05, 4.69) is 25.8 Å². The number of aromatic nitrogens is 6. The SMILES string of the molecule is Cc1c(C(=O)NCc2nncn2-c2ccccc2)nnn1-c1cccc([N+](=O)[O-])c1. The molecule has 1 amide bonds. The van der Waals surface area contributed by atoms with Crippen LogP contribution in [-0.2, 0) is 6.54 Å². The number of nitro benzene ring substituents is 1. The molecule has 0 aliphatic carbocycles. The van der Waals surface area contributed by atoms with Gasteiger partial charge < -0.3 is 5.32 Å². The second kappa shape index (κ2) is 7.91. The smallest absolute Gasteiger partial charge is 0.274 e. The quantitative estimate of drug-likeness (QED) is 0.384. The van der Waals surface area contributed by atoms with Gasteiger partial charge in [-0.25, -0.2) is 4.68 Å². The molecule has 2 aromatic heterocycles. The largest absolute Gasteiger partial charge is 0.343 e. The molecule has 4 aromatic rings. The summed E-state index contributed by atoms with van der Waals surface area (Å²) >= 11 is 0. The lowest BCUT2D eigenvalue weighted by Gasteiger charge is -2.07. The molecule has 0 aliphatic heterocycles. The van der Waals surface area contributed by atoms with E-state index >= 15 is 0 Å². The lowest BCUT2D eigenvalue weighted by molar-refractivity contribution is -0.384. The van der Waals surface area contributed by atoms with Crippen molar-refractivity contribution in [1.29, 1.82) is 0 Å². The van der Waals surface area contributed by atoms with E-state index in [1.54, 1.807) is 30.0 Å². The lowest BCUT2D eigenvalue weighted by atomic mass is 10.2. The van der Waals surface area contributed by atoms with Crippen LogP contribution >= 0.6 is 0 Å². The minimum Gasteiger partial charge on any atom is -0.343 e. The molecule has 0 bridgehead atoms. The maximum Gasteiger partial charge on any atom is 0.274 e. The fourth-order valence-electron chi connectivity index (χ4n) is 2.95. The molecule has 0 radical (unpaired) electrons. The van der Waals surface area contributed by atoms with Gasteiger partial charge in [0.15, 0.2) is 11.5 Å². The normalized spacial score (nSPS) is 10.7. The average molecular weight is 404 g/mol. The molecule has 0 unspecified atom stereocenters. The number of nitrogens with zero attached hydrogens (tertiary/aromatic N) is 7. The van der Waals surface area contributed by atoms with Gasteiger partial charge in [-0.15, -0.1) is 15.3 Å². The number of nitrogens with one attached hydrogen (secondary N) is 1. The Morgan fingerprint density at radius 3 is 2.63 bits per heavy atom. The molecule has 0 aliphatic rings. The molecule has 0 fully saturated rings. The van der Waals surface area contributed by atoms with Crippen molar-refractivity contribution in [3.63, 3.8) is 0 Å². The van der Waals surface area contributed by atoms with Gasteiger partial charge in [0.2, 0.25) is 0 Å². The van der Waals surface area contributed by atoms with Crippen molar-refractivity contribution in [2.45, 2.75) is 13.5 Å². The van der Waals surface area contributed by atoms with E-state index in [0.29, 0.717) is 17.2 Å². The van der Waals surface area contributed by atoms with Crippen LogP contribution in [-0.4, -0.2) is 40.6 Å². The molecule has 1 N–H and O–H groups in total. The number of rotatable bonds is 6. The molecule has 4 rings (SSSR count). The minimum absolute atomic E-state index is 0.0753. The van der Waals surface area contributed by atoms with Gasteiger partial charge in [-0.3, -0.25) is 19.5 Å². The number of carbonyl (C=O) groups excluding carboxylic acids is 1. The predicted molar refractivity (Wildman–Crippen MR) is 105 cm³/mol. The topological polar surface area (TPSA) is 134 Å². The van der Waals surface area contributed by atoms with Gasteiger partial charge in [0.05, 0.1) is 22.8 Å². The summed E-state index contributed by atoms with van der Waals surface area (Å²) in [5.41, 5.74) is 1.81. The molecule has 150 valence electrons. The predicted octanol–water partition coefficient (Wildman–Crippen LogP) is 1.99. The van der Waals surface area contributed by atoms with Crippen LogP contribution in [0.2, 0.25) is 0 Å². The van der Waals surface area contributed by atoms with E-state index in [9.17, 15) is 14.9 Å². The Labute approximate surface area is 170 Å². The Hall–Kier alpha value is -4.41. The first-order chi connectivity index (χ1) is 14.5. The number of hydrogen-bond donors (Lipinski definition) is 1. The Morgan fingerprint density at radius 1 is 1.10 bits per heavy atom. The second-order valence-corrected chi connectivity index (χ2v) is 6.35. The number of benzene rings is 2. The van der Waals surface area contributed by atoms with Gasteiger partial charge >= 0.3 is 0 Å². The van der Waals surface area contributed by atoms with Gasteiger partial charge in [-0.1, -0.05) is 29.5 Å². The van der Waals surface area contributed by atoms with E-state index in [1.807, 2.05) is 30.3 Å². The van der Waals surface area contributed by atoms with Crippen LogP contribution < -0.4 is 5.32 Å². The molecule has 0 saturated carbocycles. The Morgan fingerprint density at radius 2 is 1.87 bits per heavy atom. The first-order valence-electron chi connectivity index (χ1n) is 8.94. The fraction of sp³-hybridized carbons (Fsp3) is 0.105. The van der Waals surface area contributed by atoms with E-state index in [1.165, 1.54) is 16.8 Å². The average Bonchev–Trinajstić information content (AvgIpc) is 3.39. The highest BCUT2D eigenvalue weighted by atomic mass is 16.6. The summed E-state index contributed by atoms with van der Waals surface area (Å²) in [4.78, 5) is 23.1. The summed E-state index contributed by atoms with van der Waals surface area (Å²) in [7, 11) is 0. The van der Waals surface area contributed by atoms with Crippen LogP contribution in [0.3, 0.4) is 0 Å². The summed E-state index contributed by atoms with van der Waals surface area (Å²) in [6, 6.07) is 15.5. The zero-order valence-corrected chi connectivity index (χ0v) is 15.8. The van der Waals surface area contributed by atoms with Crippen LogP contribution in [0, 0.1) is 17.0 Å². The van der Waals surface area contributed by atoms with Crippen LogP contribution in [0.1, 0.15) is 22.0 Å². The molecule has 30 heavy (non-hydrogen) atoms. The van der Waals surface area contributed by atoms with E-state index in [-0.39, 0.29) is 17.9 Å². The van der Waals surface area contributed by atoms with Gasteiger partial charge in [0.25, 0.3) is 11.6 Å². The molecular weight excluding hydrogens is 388 g/mol. The summed E-state index contributed by atoms with van der Waals surface area (Å²) in [6.07, 6.45) is 1.57. The van der Waals surface area contributed by atoms with Crippen molar-refractivity contribution < 1.29 is 9.72 Å².